The molecule has 2 amide bonds. The van der Waals surface area contributed by atoms with E-state index in [1.165, 1.54) is 4.90 Å². The summed E-state index contributed by atoms with van der Waals surface area (Å²) in [6.07, 6.45) is 3.37. The van der Waals surface area contributed by atoms with Crippen LogP contribution in [-0.2, 0) is 17.9 Å². The van der Waals surface area contributed by atoms with Crippen molar-refractivity contribution in [1.29, 1.82) is 0 Å². The molecule has 1 N–H and O–H groups in total. The van der Waals surface area contributed by atoms with Gasteiger partial charge in [-0.15, -0.1) is 0 Å². The summed E-state index contributed by atoms with van der Waals surface area (Å²) in [5.41, 5.74) is 4.94. The maximum Gasteiger partial charge on any atom is 0.276 e. The van der Waals surface area contributed by atoms with Crippen LogP contribution in [-0.4, -0.2) is 33.4 Å². The van der Waals surface area contributed by atoms with E-state index >= 15 is 0 Å². The number of nitrogens with one attached hydrogen (secondary N) is 1. The predicted molar refractivity (Wildman–Crippen MR) is 129 cm³/mol. The molecule has 0 saturated heterocycles. The zero-order chi connectivity index (χ0) is 23.9. The lowest BCUT2D eigenvalue weighted by atomic mass is 10.0. The quantitative estimate of drug-likeness (QED) is 0.429. The predicted octanol–water partition coefficient (Wildman–Crippen LogP) is 4.31. The maximum absolute atomic E-state index is 13.4. The Morgan fingerprint density at radius 3 is 2.53 bits per heavy atom. The van der Waals surface area contributed by atoms with Crippen LogP contribution in [0.3, 0.4) is 0 Å². The lowest BCUT2D eigenvalue weighted by Gasteiger charge is -2.21. The smallest absolute Gasteiger partial charge is 0.276 e. The van der Waals surface area contributed by atoms with Gasteiger partial charge in [0, 0.05) is 37.1 Å². The van der Waals surface area contributed by atoms with E-state index in [4.69, 9.17) is 4.52 Å². The SMILES string of the molecule is Cc1ccc(C)c(-c2cc(C(=O)N(CC(=O)NCc3cccnc3)Cc3ccccc3)no2)c1. The molecule has 0 aliphatic heterocycles. The summed E-state index contributed by atoms with van der Waals surface area (Å²) in [7, 11) is 0. The Bertz CT molecular complexity index is 1270. The Labute approximate surface area is 198 Å². The van der Waals surface area contributed by atoms with Crippen molar-refractivity contribution in [2.24, 2.45) is 0 Å². The van der Waals surface area contributed by atoms with Crippen molar-refractivity contribution >= 4 is 11.8 Å². The van der Waals surface area contributed by atoms with Gasteiger partial charge in [0.25, 0.3) is 5.91 Å². The molecule has 0 aliphatic carbocycles. The Morgan fingerprint density at radius 2 is 1.76 bits per heavy atom. The Morgan fingerprint density at radius 1 is 0.971 bits per heavy atom. The molecule has 0 unspecified atom stereocenters. The molecule has 172 valence electrons. The highest BCUT2D eigenvalue weighted by molar-refractivity contribution is 5.95. The van der Waals surface area contributed by atoms with Gasteiger partial charge in [0.2, 0.25) is 5.91 Å². The molecule has 7 nitrogen and oxygen atoms in total. The molecule has 0 aliphatic rings. The molecular weight excluding hydrogens is 428 g/mol. The molecule has 7 heteroatoms. The van der Waals surface area contributed by atoms with E-state index in [1.807, 2.05) is 74.5 Å². The van der Waals surface area contributed by atoms with Gasteiger partial charge in [0.15, 0.2) is 11.5 Å². The second-order valence-electron chi connectivity index (χ2n) is 8.18. The highest BCUT2D eigenvalue weighted by Crippen LogP contribution is 2.26. The first-order chi connectivity index (χ1) is 16.5. The van der Waals surface area contributed by atoms with Crippen LogP contribution in [0.15, 0.2) is 83.6 Å². The minimum atomic E-state index is -0.374. The van der Waals surface area contributed by atoms with Gasteiger partial charge in [-0.05, 0) is 42.7 Å². The fraction of sp³-hybridized carbons (Fsp3) is 0.185. The lowest BCUT2D eigenvalue weighted by molar-refractivity contribution is -0.122. The third-order valence-corrected chi connectivity index (χ3v) is 5.44. The number of carbonyl (C=O) groups is 2. The van der Waals surface area contributed by atoms with E-state index in [0.29, 0.717) is 12.3 Å². The standard InChI is InChI=1S/C27H26N4O3/c1-19-10-11-20(2)23(13-19)25-14-24(30-34-25)27(33)31(17-21-7-4-3-5-8-21)18-26(32)29-16-22-9-6-12-28-15-22/h3-15H,16-18H2,1-2H3,(H,29,32). The molecule has 2 aromatic heterocycles. The fourth-order valence-corrected chi connectivity index (χ4v) is 3.60. The summed E-state index contributed by atoms with van der Waals surface area (Å²) in [5.74, 6) is -0.127. The summed E-state index contributed by atoms with van der Waals surface area (Å²) in [6, 6.07) is 20.9. The number of benzene rings is 2. The number of hydrogen-bond acceptors (Lipinski definition) is 5. The van der Waals surface area contributed by atoms with Crippen molar-refractivity contribution in [1.82, 2.24) is 20.4 Å². The number of amides is 2. The van der Waals surface area contributed by atoms with Crippen LogP contribution in [0.5, 0.6) is 0 Å². The summed E-state index contributed by atoms with van der Waals surface area (Å²) >= 11 is 0. The molecule has 0 saturated carbocycles. The largest absolute Gasteiger partial charge is 0.355 e. The molecule has 0 radical (unpaired) electrons. The monoisotopic (exact) mass is 454 g/mol. The van der Waals surface area contributed by atoms with Crippen LogP contribution in [0.4, 0.5) is 0 Å². The third-order valence-electron chi connectivity index (χ3n) is 5.44. The molecule has 4 rings (SSSR count). The lowest BCUT2D eigenvalue weighted by Crippen LogP contribution is -2.40. The molecule has 0 atom stereocenters. The number of pyridine rings is 1. The number of carbonyl (C=O) groups excluding carboxylic acids is 2. The fourth-order valence-electron chi connectivity index (χ4n) is 3.60. The number of aryl methyl sites for hydroxylation is 2. The minimum Gasteiger partial charge on any atom is -0.355 e. The highest BCUT2D eigenvalue weighted by atomic mass is 16.5. The van der Waals surface area contributed by atoms with Gasteiger partial charge in [0.05, 0.1) is 0 Å². The van der Waals surface area contributed by atoms with Crippen molar-refractivity contribution in [2.45, 2.75) is 26.9 Å². The number of nitrogens with zero attached hydrogens (tertiary/aromatic N) is 3. The molecule has 0 spiro atoms. The normalized spacial score (nSPS) is 10.6. The topological polar surface area (TPSA) is 88.3 Å². The van der Waals surface area contributed by atoms with Crippen LogP contribution in [0.1, 0.15) is 32.7 Å². The van der Waals surface area contributed by atoms with Crippen molar-refractivity contribution in [2.75, 3.05) is 6.54 Å². The zero-order valence-corrected chi connectivity index (χ0v) is 19.2. The van der Waals surface area contributed by atoms with Crippen LogP contribution >= 0.6 is 0 Å². The molecule has 2 heterocycles. The Balaban J connectivity index is 1.52. The zero-order valence-electron chi connectivity index (χ0n) is 19.2. The van der Waals surface area contributed by atoms with Gasteiger partial charge in [0.1, 0.15) is 6.54 Å². The van der Waals surface area contributed by atoms with Crippen LogP contribution < -0.4 is 5.32 Å². The second-order valence-corrected chi connectivity index (χ2v) is 8.18. The summed E-state index contributed by atoms with van der Waals surface area (Å²) < 4.78 is 5.51. The Hall–Kier alpha value is -4.26. The van der Waals surface area contributed by atoms with Gasteiger partial charge >= 0.3 is 0 Å². The summed E-state index contributed by atoms with van der Waals surface area (Å²) in [6.45, 7) is 4.47. The maximum atomic E-state index is 13.4. The third kappa shape index (κ3) is 5.75. The van der Waals surface area contributed by atoms with E-state index in [0.717, 1.165) is 27.8 Å². The first-order valence-electron chi connectivity index (χ1n) is 11.0. The van der Waals surface area contributed by atoms with Crippen molar-refractivity contribution in [3.8, 4) is 11.3 Å². The number of rotatable bonds is 8. The average molecular weight is 455 g/mol. The Kier molecular flexibility index (Phi) is 7.13. The first-order valence-corrected chi connectivity index (χ1v) is 11.0. The van der Waals surface area contributed by atoms with Gasteiger partial charge in [-0.2, -0.15) is 0 Å². The van der Waals surface area contributed by atoms with Crippen molar-refractivity contribution in [3.63, 3.8) is 0 Å². The van der Waals surface area contributed by atoms with E-state index in [-0.39, 0.29) is 30.6 Å². The van der Waals surface area contributed by atoms with Crippen molar-refractivity contribution in [3.05, 3.63) is 107 Å². The van der Waals surface area contributed by atoms with E-state index in [2.05, 4.69) is 15.5 Å². The van der Waals surface area contributed by atoms with Gasteiger partial charge in [-0.1, -0.05) is 59.3 Å². The van der Waals surface area contributed by atoms with E-state index < -0.39 is 0 Å². The number of aromatic nitrogens is 2. The summed E-state index contributed by atoms with van der Waals surface area (Å²) in [5, 5.41) is 6.87. The van der Waals surface area contributed by atoms with E-state index in [1.54, 1.807) is 18.5 Å². The molecule has 2 aromatic carbocycles. The van der Waals surface area contributed by atoms with Gasteiger partial charge in [-0.25, -0.2) is 0 Å². The molecule has 0 bridgehead atoms. The van der Waals surface area contributed by atoms with Gasteiger partial charge in [-0.3, -0.25) is 14.6 Å². The van der Waals surface area contributed by atoms with Crippen LogP contribution in [0.25, 0.3) is 11.3 Å². The summed E-state index contributed by atoms with van der Waals surface area (Å²) in [4.78, 5) is 31.6. The minimum absolute atomic E-state index is 0.111. The van der Waals surface area contributed by atoms with Gasteiger partial charge < -0.3 is 14.7 Å². The van der Waals surface area contributed by atoms with Crippen molar-refractivity contribution < 1.29 is 14.1 Å². The second kappa shape index (κ2) is 10.6. The molecule has 4 aromatic rings. The number of hydrogen-bond donors (Lipinski definition) is 1. The average Bonchev–Trinajstić information content (AvgIpc) is 3.35. The van der Waals surface area contributed by atoms with Crippen LogP contribution in [0.2, 0.25) is 0 Å². The van der Waals surface area contributed by atoms with E-state index in [9.17, 15) is 9.59 Å². The first kappa shape index (κ1) is 22.9. The van der Waals surface area contributed by atoms with Crippen LogP contribution in [0, 0.1) is 13.8 Å². The molecular formula is C27H26N4O3. The molecule has 34 heavy (non-hydrogen) atoms. The molecule has 0 fully saturated rings. The highest BCUT2D eigenvalue weighted by Gasteiger charge is 2.23.